The van der Waals surface area contributed by atoms with Crippen LogP contribution in [0.3, 0.4) is 0 Å². The monoisotopic (exact) mass is 756 g/mol. The summed E-state index contributed by atoms with van der Waals surface area (Å²) < 4.78 is 0. The molecule has 0 amide bonds. The minimum atomic E-state index is 0. The topological polar surface area (TPSA) is 0 Å². The number of hydrogen-bond acceptors (Lipinski definition) is 1. The van der Waals surface area contributed by atoms with Crippen molar-refractivity contribution in [2.24, 2.45) is 0 Å². The summed E-state index contributed by atoms with van der Waals surface area (Å²) in [6, 6.07) is 0. The molecule has 0 aliphatic heterocycles. The molecule has 0 nitrogen and oxygen atoms in total. The molecule has 0 aliphatic rings. The van der Waals surface area contributed by atoms with Crippen molar-refractivity contribution >= 4 is 73.7 Å². The van der Waals surface area contributed by atoms with Gasteiger partial charge in [-0.25, -0.2) is 15.9 Å². The molecule has 0 heterocycles. The van der Waals surface area contributed by atoms with Gasteiger partial charge in [0.05, 0.1) is 0 Å². The van der Waals surface area contributed by atoms with Gasteiger partial charge in [-0.15, -0.1) is 31.7 Å². The van der Waals surface area contributed by atoms with Crippen LogP contribution in [0.2, 0.25) is 0 Å². The molecule has 0 saturated heterocycles. The molecule has 0 aromatic carbocycles. The van der Waals surface area contributed by atoms with Crippen LogP contribution in [0, 0.1) is 10.4 Å². The van der Waals surface area contributed by atoms with Crippen LogP contribution >= 0.6 is 61.0 Å². The SMILES string of the molecule is CP(C)C.CP(C)C.CP(C)C.CP(C)C.[Br][Pd+].[Pd+2].[S-][C-]=CC=[C-]Br. The Kier molecular flexibility index (Phi) is 95.2. The predicted molar refractivity (Wildman–Crippen MR) is 140 cm³/mol. The minimum absolute atomic E-state index is 0. The van der Waals surface area contributed by atoms with E-state index >= 15 is 0 Å². The Morgan fingerprint density at radius 3 is 0.840 bits per heavy atom. The van der Waals surface area contributed by atoms with Gasteiger partial charge in [0.25, 0.3) is 0 Å². The maximum Gasteiger partial charge on any atom is 2.00 e. The van der Waals surface area contributed by atoms with E-state index in [4.69, 9.17) is 0 Å². The first kappa shape index (κ1) is 46.8. The molecular formula is C16H38Br2P4Pd2S. The molecule has 0 aliphatic carbocycles. The van der Waals surface area contributed by atoms with Crippen molar-refractivity contribution < 1.29 is 37.6 Å². The zero-order valence-electron chi connectivity index (χ0n) is 17.7. The van der Waals surface area contributed by atoms with Gasteiger partial charge in [-0.05, 0) is 80.0 Å². The maximum atomic E-state index is 4.32. The van der Waals surface area contributed by atoms with Crippen molar-refractivity contribution in [3.63, 3.8) is 0 Å². The molecule has 0 rings (SSSR count). The Labute approximate surface area is 211 Å². The summed E-state index contributed by atoms with van der Waals surface area (Å²) >= 11 is 12.6. The fourth-order valence-electron chi connectivity index (χ4n) is 0.0655. The molecule has 0 fully saturated rings. The van der Waals surface area contributed by atoms with Gasteiger partial charge in [0.2, 0.25) is 0 Å². The minimum Gasteiger partial charge on any atom is -0.933 e. The van der Waals surface area contributed by atoms with E-state index in [0.717, 1.165) is 0 Å². The third-order valence-corrected chi connectivity index (χ3v) is 0.615. The van der Waals surface area contributed by atoms with Gasteiger partial charge in [-0.3, -0.25) is 0 Å². The second-order valence-corrected chi connectivity index (χ2v) is 17.4. The average Bonchev–Trinajstić information content (AvgIpc) is 2.36. The van der Waals surface area contributed by atoms with E-state index in [-0.39, 0.29) is 20.4 Å². The van der Waals surface area contributed by atoms with E-state index in [9.17, 15) is 0 Å². The first-order valence-corrected chi connectivity index (χ1v) is 22.3. The van der Waals surface area contributed by atoms with Gasteiger partial charge < -0.3 is 35.2 Å². The van der Waals surface area contributed by atoms with Gasteiger partial charge >= 0.3 is 51.0 Å². The van der Waals surface area contributed by atoms with Crippen LogP contribution in [-0.4, -0.2) is 80.0 Å². The number of allylic oxidation sites excluding steroid dienone is 2. The Hall–Kier alpha value is 3.70. The summed E-state index contributed by atoms with van der Waals surface area (Å²) in [6.07, 6.45) is 3.22. The third-order valence-electron chi connectivity index (χ3n) is 0.214. The standard InChI is InChI=1S/C4H2BrS.4C3H9P.BrH.2Pd/c5-3-1-2-4-6;4*1-4(2)3;;;/h1-2H;4*1-3H3;1H;;/q-3;;;;;;2*+2/p-1. The fourth-order valence-corrected chi connectivity index (χ4v) is 0.266. The summed E-state index contributed by atoms with van der Waals surface area (Å²) in [5.74, 6) is 0. The van der Waals surface area contributed by atoms with Crippen LogP contribution in [0.25, 0.3) is 0 Å². The van der Waals surface area contributed by atoms with E-state index in [2.05, 4.69) is 150 Å². The van der Waals surface area contributed by atoms with Crippen LogP contribution in [0.4, 0.5) is 0 Å². The molecule has 0 spiro atoms. The van der Waals surface area contributed by atoms with E-state index in [1.165, 1.54) is 0 Å². The van der Waals surface area contributed by atoms with E-state index < -0.39 is 0 Å². The Morgan fingerprint density at radius 2 is 0.800 bits per heavy atom. The summed E-state index contributed by atoms with van der Waals surface area (Å²) in [4.78, 5) is 2.57. The molecule has 25 heavy (non-hydrogen) atoms. The van der Waals surface area contributed by atoms with Crippen LogP contribution < -0.4 is 0 Å². The van der Waals surface area contributed by atoms with Crippen molar-refractivity contribution in [3.8, 4) is 0 Å². The van der Waals surface area contributed by atoms with Gasteiger partial charge in [-0.1, -0.05) is 0 Å². The Morgan fingerprint density at radius 1 is 0.640 bits per heavy atom. The van der Waals surface area contributed by atoms with E-state index in [1.807, 2.05) is 0 Å². The normalized spacial score (nSPS) is 8.80. The predicted octanol–water partition coefficient (Wildman–Crippen LogP) is 7.83. The number of hydrogen-bond donors (Lipinski definition) is 0. The van der Waals surface area contributed by atoms with Crippen LogP contribution in [0.5, 0.6) is 0 Å². The van der Waals surface area contributed by atoms with Crippen molar-refractivity contribution in [3.05, 3.63) is 22.5 Å². The quantitative estimate of drug-likeness (QED) is 0.0865. The molecule has 0 bridgehead atoms. The van der Waals surface area contributed by atoms with Crippen molar-refractivity contribution in [2.75, 3.05) is 80.0 Å². The summed E-state index contributed by atoms with van der Waals surface area (Å²) in [7, 11) is 1.52. The molecule has 0 aromatic rings. The number of rotatable bonds is 1. The van der Waals surface area contributed by atoms with Crippen LogP contribution in [0.1, 0.15) is 0 Å². The van der Waals surface area contributed by atoms with Gasteiger partial charge in [0.15, 0.2) is 0 Å². The summed E-state index contributed by atoms with van der Waals surface area (Å²) in [5, 5.41) is 2.38. The second kappa shape index (κ2) is 50.9. The smallest absolute Gasteiger partial charge is 0.933 e. The first-order valence-electron chi connectivity index (χ1n) is 6.79. The molecule has 0 N–H and O–H groups in total. The van der Waals surface area contributed by atoms with Crippen molar-refractivity contribution in [2.45, 2.75) is 0 Å². The maximum absolute atomic E-state index is 4.32. The Balaban J connectivity index is -0.0000000316. The fraction of sp³-hybridized carbons (Fsp3) is 0.750. The summed E-state index contributed by atoms with van der Waals surface area (Å²) in [6.45, 7) is 26.8. The van der Waals surface area contributed by atoms with Gasteiger partial charge in [-0.2, -0.15) is 0 Å². The Bertz CT molecular complexity index is 175. The average molecular weight is 759 g/mol. The molecule has 0 saturated carbocycles. The number of halogens is 2. The van der Waals surface area contributed by atoms with Crippen LogP contribution in [-0.2, 0) is 50.2 Å². The molecule has 9 heteroatoms. The van der Waals surface area contributed by atoms with Crippen molar-refractivity contribution in [1.29, 1.82) is 0 Å². The second-order valence-electron chi connectivity index (χ2n) is 5.93. The molecule has 0 aromatic heterocycles. The zero-order valence-corrected chi connectivity index (χ0v) is 28.4. The molecule has 0 unspecified atom stereocenters. The molecule has 162 valence electrons. The van der Waals surface area contributed by atoms with Gasteiger partial charge in [0.1, 0.15) is 0 Å². The van der Waals surface area contributed by atoms with E-state index in [0.29, 0.717) is 31.7 Å². The zero-order chi connectivity index (χ0) is 21.1. The van der Waals surface area contributed by atoms with Gasteiger partial charge in [0, 0.05) is 0 Å². The largest absolute Gasteiger partial charge is 2.00 e. The third kappa shape index (κ3) is 407. The van der Waals surface area contributed by atoms with E-state index in [1.54, 1.807) is 12.2 Å². The molecule has 0 radical (unpaired) electrons. The first-order chi connectivity index (χ1) is 10.8. The molecule has 0 atom stereocenters. The molecular weight excluding hydrogens is 721 g/mol. The summed E-state index contributed by atoms with van der Waals surface area (Å²) in [5.41, 5.74) is 0. The van der Waals surface area contributed by atoms with Crippen molar-refractivity contribution in [1.82, 2.24) is 0 Å². The van der Waals surface area contributed by atoms with Crippen LogP contribution in [0.15, 0.2) is 12.2 Å².